The zero-order valence-electron chi connectivity index (χ0n) is 44.0. The lowest BCUT2D eigenvalue weighted by Gasteiger charge is -2.30. The highest BCUT2D eigenvalue weighted by Crippen LogP contribution is 2.48. The van der Waals surface area contributed by atoms with E-state index < -0.39 is 0 Å². The summed E-state index contributed by atoms with van der Waals surface area (Å²) in [7, 11) is 0. The number of rotatable bonds is 10. The third-order valence-corrected chi connectivity index (χ3v) is 15.4. The molecule has 0 amide bonds. The molecule has 5 heteroatoms. The maximum atomic E-state index is 7.21. The number of pyridine rings is 1. The molecule has 0 saturated heterocycles. The summed E-state index contributed by atoms with van der Waals surface area (Å²) in [4.78, 5) is 10.0. The molecule has 1 aliphatic rings. The first kappa shape index (κ1) is 47.4. The van der Waals surface area contributed by atoms with E-state index in [1.165, 1.54) is 50.3 Å². The predicted octanol–water partition coefficient (Wildman–Crippen LogP) is 18.1. The largest absolute Gasteiger partial charge is 0.457 e. The van der Waals surface area contributed by atoms with Crippen LogP contribution in [0.2, 0.25) is 0 Å². The Morgan fingerprint density at radius 3 is 1.53 bits per heavy atom. The van der Waals surface area contributed by atoms with Gasteiger partial charge in [-0.25, -0.2) is 4.98 Å². The molecule has 364 valence electrons. The van der Waals surface area contributed by atoms with Gasteiger partial charge < -0.3 is 14.5 Å². The summed E-state index contributed by atoms with van der Waals surface area (Å²) in [5.41, 5.74) is 16.0. The van der Waals surface area contributed by atoms with Crippen LogP contribution in [0, 0.1) is 0 Å². The first-order chi connectivity index (χ1) is 34.9. The highest BCUT2D eigenvalue weighted by molar-refractivity contribution is 6.10. The van der Waals surface area contributed by atoms with E-state index in [0.717, 1.165) is 56.1 Å². The average Bonchev–Trinajstić information content (AvgIpc) is 3.94. The number of hydrogen-bond acceptors (Lipinski definition) is 4. The molecule has 1 aliphatic heterocycles. The Bertz CT molecular complexity index is 3620. The van der Waals surface area contributed by atoms with Crippen molar-refractivity contribution in [1.82, 2.24) is 9.55 Å². The second kappa shape index (κ2) is 18.0. The summed E-state index contributed by atoms with van der Waals surface area (Å²) in [6.45, 7) is 23.7. The lowest BCUT2D eigenvalue weighted by Crippen LogP contribution is -2.26. The van der Waals surface area contributed by atoms with Gasteiger partial charge in [-0.05, 0) is 128 Å². The van der Waals surface area contributed by atoms with E-state index in [2.05, 4.69) is 284 Å². The van der Waals surface area contributed by atoms with Crippen LogP contribution in [0.4, 0.5) is 22.7 Å². The van der Waals surface area contributed by atoms with E-state index in [4.69, 9.17) is 9.72 Å². The van der Waals surface area contributed by atoms with E-state index in [9.17, 15) is 0 Å². The molecular formula is C68H66N4O. The summed E-state index contributed by atoms with van der Waals surface area (Å²) < 4.78 is 9.52. The highest BCUT2D eigenvalue weighted by atomic mass is 16.5. The Balaban J connectivity index is 1.05. The van der Waals surface area contributed by atoms with E-state index in [1.807, 2.05) is 6.20 Å². The second-order valence-electron chi connectivity index (χ2n) is 23.1. The average molecular weight is 955 g/mol. The number of ether oxygens (including phenoxy) is 1. The Morgan fingerprint density at radius 2 is 0.932 bits per heavy atom. The molecule has 3 heterocycles. The van der Waals surface area contributed by atoms with Gasteiger partial charge in [-0.15, -0.1) is 0 Å². The lowest BCUT2D eigenvalue weighted by atomic mass is 9.78. The number of anilines is 4. The third-order valence-electron chi connectivity index (χ3n) is 15.4. The quantitative estimate of drug-likeness (QED) is 0.137. The van der Waals surface area contributed by atoms with Gasteiger partial charge in [0.15, 0.2) is 0 Å². The van der Waals surface area contributed by atoms with Crippen molar-refractivity contribution in [3.8, 4) is 28.4 Å². The van der Waals surface area contributed by atoms with Crippen molar-refractivity contribution in [1.29, 1.82) is 0 Å². The van der Waals surface area contributed by atoms with Crippen LogP contribution < -0.4 is 14.5 Å². The molecule has 5 nitrogen and oxygen atoms in total. The Morgan fingerprint density at radius 1 is 0.384 bits per heavy atom. The number of aromatic nitrogens is 2. The van der Waals surface area contributed by atoms with E-state index in [-0.39, 0.29) is 21.7 Å². The molecule has 0 atom stereocenters. The molecule has 0 radical (unpaired) electrons. The Labute approximate surface area is 432 Å². The van der Waals surface area contributed by atoms with Gasteiger partial charge in [-0.1, -0.05) is 184 Å². The molecule has 0 fully saturated rings. The van der Waals surface area contributed by atoms with Crippen molar-refractivity contribution in [2.24, 2.45) is 0 Å². The van der Waals surface area contributed by atoms with Crippen LogP contribution in [0.1, 0.15) is 103 Å². The molecule has 0 N–H and O–H groups in total. The third kappa shape index (κ3) is 8.86. The van der Waals surface area contributed by atoms with Crippen LogP contribution in [0.25, 0.3) is 38.8 Å². The molecule has 11 rings (SSSR count). The van der Waals surface area contributed by atoms with Crippen molar-refractivity contribution >= 4 is 44.6 Å². The fourth-order valence-electron chi connectivity index (χ4n) is 10.7. The second-order valence-corrected chi connectivity index (χ2v) is 23.1. The van der Waals surface area contributed by atoms with Crippen LogP contribution >= 0.6 is 0 Å². The van der Waals surface area contributed by atoms with Crippen LogP contribution in [-0.4, -0.2) is 16.2 Å². The normalized spacial score (nSPS) is 13.2. The van der Waals surface area contributed by atoms with Crippen molar-refractivity contribution < 1.29 is 4.74 Å². The molecule has 10 aromatic rings. The zero-order valence-corrected chi connectivity index (χ0v) is 44.0. The van der Waals surface area contributed by atoms with Crippen molar-refractivity contribution in [3.05, 3.63) is 240 Å². The Hall–Kier alpha value is -7.89. The lowest BCUT2D eigenvalue weighted by molar-refractivity contribution is 0.480. The van der Waals surface area contributed by atoms with Crippen molar-refractivity contribution in [2.45, 2.75) is 90.9 Å². The Kier molecular flexibility index (Phi) is 11.7. The topological polar surface area (TPSA) is 33.5 Å². The van der Waals surface area contributed by atoms with Crippen molar-refractivity contribution in [2.75, 3.05) is 16.5 Å². The van der Waals surface area contributed by atoms with Gasteiger partial charge in [-0.3, -0.25) is 4.57 Å². The molecule has 8 aromatic carbocycles. The van der Waals surface area contributed by atoms with Gasteiger partial charge in [-0.2, -0.15) is 0 Å². The van der Waals surface area contributed by atoms with E-state index >= 15 is 0 Å². The predicted molar refractivity (Wildman–Crippen MR) is 307 cm³/mol. The van der Waals surface area contributed by atoms with Crippen LogP contribution in [0.15, 0.2) is 206 Å². The molecular weight excluding hydrogens is 889 g/mol. The standard InChI is InChI=1S/C68H66N4O/c1-65(2,3)51-37-52(66(4,5)6)39-54(38-51)70-45-71(62-29-21-20-28-61(62)70)55-40-53(68(9,10)49-26-18-13-19-27-49)41-57(43-55)73-56-31-32-58-59-36-47(46-22-14-11-15-23-46)30-33-60(59)72(63(58)44-56)64-42-50(34-35-69-64)67(7,8)48-24-16-12-17-25-48/h11-44H,45H2,1-10H3. The molecule has 0 saturated carbocycles. The summed E-state index contributed by atoms with van der Waals surface area (Å²) >= 11 is 0. The number of benzene rings is 8. The number of fused-ring (bicyclic) bond motifs is 4. The monoisotopic (exact) mass is 955 g/mol. The summed E-state index contributed by atoms with van der Waals surface area (Å²) in [5.74, 6) is 2.38. The number of para-hydroxylation sites is 2. The first-order valence-corrected chi connectivity index (χ1v) is 25.8. The molecule has 0 unspecified atom stereocenters. The zero-order chi connectivity index (χ0) is 50.9. The summed E-state index contributed by atoms with van der Waals surface area (Å²) in [6, 6.07) is 72.8. The first-order valence-electron chi connectivity index (χ1n) is 25.8. The van der Waals surface area contributed by atoms with E-state index in [1.54, 1.807) is 0 Å². The fraction of sp³-hybridized carbons (Fsp3) is 0.221. The maximum absolute atomic E-state index is 7.21. The minimum absolute atomic E-state index is 0.0131. The number of nitrogens with zero attached hydrogens (tertiary/aromatic N) is 4. The smallest absolute Gasteiger partial charge is 0.137 e. The molecule has 2 aromatic heterocycles. The molecule has 0 aliphatic carbocycles. The van der Waals surface area contributed by atoms with Crippen LogP contribution in [-0.2, 0) is 21.7 Å². The van der Waals surface area contributed by atoms with Crippen molar-refractivity contribution in [3.63, 3.8) is 0 Å². The van der Waals surface area contributed by atoms with Gasteiger partial charge in [0.2, 0.25) is 0 Å². The fourth-order valence-corrected chi connectivity index (χ4v) is 10.7. The minimum Gasteiger partial charge on any atom is -0.457 e. The van der Waals surface area contributed by atoms with Gasteiger partial charge >= 0.3 is 0 Å². The highest BCUT2D eigenvalue weighted by Gasteiger charge is 2.33. The number of hydrogen-bond donors (Lipinski definition) is 0. The van der Waals surface area contributed by atoms with Crippen LogP contribution in [0.5, 0.6) is 11.5 Å². The van der Waals surface area contributed by atoms with E-state index in [0.29, 0.717) is 6.67 Å². The molecule has 0 bridgehead atoms. The van der Waals surface area contributed by atoms with Gasteiger partial charge in [0.05, 0.1) is 22.4 Å². The summed E-state index contributed by atoms with van der Waals surface area (Å²) in [6.07, 6.45) is 1.95. The van der Waals surface area contributed by atoms with Crippen LogP contribution in [0.3, 0.4) is 0 Å². The molecule has 73 heavy (non-hydrogen) atoms. The summed E-state index contributed by atoms with van der Waals surface area (Å²) in [5, 5.41) is 2.29. The minimum atomic E-state index is -0.339. The van der Waals surface area contributed by atoms with Gasteiger partial charge in [0.1, 0.15) is 24.0 Å². The van der Waals surface area contributed by atoms with Gasteiger partial charge in [0, 0.05) is 51.3 Å². The SMILES string of the molecule is CC(C)(C)c1cc(N2CN(c3cc(Oc4ccc5c6cc(-c7ccccc7)ccc6n(-c6cc(C(C)(C)c7ccccc7)ccn6)c5c4)cc(C(C)(C)c4ccccc4)c3)c3ccccc32)cc(C(C)(C)C)c1. The molecule has 0 spiro atoms. The van der Waals surface area contributed by atoms with Gasteiger partial charge in [0.25, 0.3) is 0 Å². The maximum Gasteiger partial charge on any atom is 0.137 e.